The number of carbonyl (C=O) groups is 2. The SMILES string of the molecule is CCCNC(=O)[C@@H](C)N(Cc1ccc(Cl)c(Cl)c1)C(=O)CCCN(c1ccccc1OC)S(C)(=O)=O. The van der Waals surface area contributed by atoms with E-state index in [2.05, 4.69) is 5.32 Å². The van der Waals surface area contributed by atoms with Crippen molar-refractivity contribution < 1.29 is 22.7 Å². The van der Waals surface area contributed by atoms with Crippen LogP contribution >= 0.6 is 23.2 Å². The lowest BCUT2D eigenvalue weighted by Crippen LogP contribution is -2.47. The lowest BCUT2D eigenvalue weighted by molar-refractivity contribution is -0.140. The second-order valence-electron chi connectivity index (χ2n) is 8.35. The summed E-state index contributed by atoms with van der Waals surface area (Å²) in [5, 5.41) is 3.57. The molecule has 0 fully saturated rings. The Labute approximate surface area is 223 Å². The Hall–Kier alpha value is -2.49. The maximum absolute atomic E-state index is 13.3. The van der Waals surface area contributed by atoms with E-state index in [1.807, 2.05) is 6.92 Å². The number of nitrogens with one attached hydrogen (secondary N) is 1. The van der Waals surface area contributed by atoms with Gasteiger partial charge < -0.3 is 15.0 Å². The summed E-state index contributed by atoms with van der Waals surface area (Å²) in [6.45, 7) is 4.33. The van der Waals surface area contributed by atoms with Gasteiger partial charge in [0.05, 0.1) is 29.1 Å². The Morgan fingerprint density at radius 3 is 2.42 bits per heavy atom. The standard InChI is InChI=1S/C25H33Cl2N3O5S/c1-5-14-28-25(32)18(2)29(17-19-12-13-20(26)21(27)16-19)24(31)11-8-15-30(36(4,33)34)22-9-6-7-10-23(22)35-3/h6-7,9-10,12-13,16,18H,5,8,11,14-15,17H2,1-4H3,(H,28,32)/t18-/m1/s1. The van der Waals surface area contributed by atoms with Crippen LogP contribution < -0.4 is 14.4 Å². The highest BCUT2D eigenvalue weighted by atomic mass is 35.5. The molecule has 0 bridgehead atoms. The highest BCUT2D eigenvalue weighted by Crippen LogP contribution is 2.30. The molecule has 2 amide bonds. The average molecular weight is 559 g/mol. The molecule has 0 aliphatic rings. The number of halogens is 2. The van der Waals surface area contributed by atoms with Crippen LogP contribution in [0.25, 0.3) is 0 Å². The average Bonchev–Trinajstić information content (AvgIpc) is 2.84. The van der Waals surface area contributed by atoms with E-state index in [0.717, 1.165) is 18.2 Å². The molecule has 0 aromatic heterocycles. The van der Waals surface area contributed by atoms with Crippen LogP contribution in [0.2, 0.25) is 10.0 Å². The molecule has 0 heterocycles. The number of benzene rings is 2. The van der Waals surface area contributed by atoms with E-state index < -0.39 is 16.1 Å². The van der Waals surface area contributed by atoms with Crippen LogP contribution in [0.4, 0.5) is 5.69 Å². The van der Waals surface area contributed by atoms with Crippen LogP contribution in [0.3, 0.4) is 0 Å². The Morgan fingerprint density at radius 2 is 1.81 bits per heavy atom. The molecule has 1 N–H and O–H groups in total. The number of hydrogen-bond donors (Lipinski definition) is 1. The number of carbonyl (C=O) groups excluding carboxylic acids is 2. The lowest BCUT2D eigenvalue weighted by atomic mass is 10.1. The molecule has 36 heavy (non-hydrogen) atoms. The molecule has 0 radical (unpaired) electrons. The number of amides is 2. The molecule has 8 nitrogen and oxygen atoms in total. The van der Waals surface area contributed by atoms with Gasteiger partial charge in [0.15, 0.2) is 0 Å². The highest BCUT2D eigenvalue weighted by molar-refractivity contribution is 7.92. The predicted octanol–water partition coefficient (Wildman–Crippen LogP) is 4.49. The number of ether oxygens (including phenoxy) is 1. The Morgan fingerprint density at radius 1 is 1.11 bits per heavy atom. The molecule has 2 aromatic carbocycles. The minimum Gasteiger partial charge on any atom is -0.495 e. The summed E-state index contributed by atoms with van der Waals surface area (Å²) in [5.41, 5.74) is 1.12. The first-order valence-corrected chi connectivity index (χ1v) is 14.2. The van der Waals surface area contributed by atoms with Crippen molar-refractivity contribution in [2.45, 2.75) is 45.7 Å². The van der Waals surface area contributed by atoms with Gasteiger partial charge in [-0.2, -0.15) is 0 Å². The fourth-order valence-electron chi connectivity index (χ4n) is 3.63. The quantitative estimate of drug-likeness (QED) is 0.391. The number of rotatable bonds is 13. The summed E-state index contributed by atoms with van der Waals surface area (Å²) >= 11 is 12.2. The summed E-state index contributed by atoms with van der Waals surface area (Å²) in [7, 11) is -2.16. The van der Waals surface area contributed by atoms with Gasteiger partial charge in [0.25, 0.3) is 0 Å². The predicted molar refractivity (Wildman–Crippen MR) is 144 cm³/mol. The summed E-state index contributed by atoms with van der Waals surface area (Å²) in [4.78, 5) is 27.4. The molecule has 0 unspecified atom stereocenters. The van der Waals surface area contributed by atoms with Gasteiger partial charge >= 0.3 is 0 Å². The van der Waals surface area contributed by atoms with E-state index >= 15 is 0 Å². The topological polar surface area (TPSA) is 96.0 Å². The molecule has 0 aliphatic heterocycles. The van der Waals surface area contributed by atoms with Crippen LogP contribution in [0, 0.1) is 0 Å². The molecule has 198 valence electrons. The van der Waals surface area contributed by atoms with Crippen molar-refractivity contribution in [1.82, 2.24) is 10.2 Å². The normalized spacial score (nSPS) is 12.1. The first-order chi connectivity index (χ1) is 17.0. The third-order valence-corrected chi connectivity index (χ3v) is 7.48. The maximum Gasteiger partial charge on any atom is 0.242 e. The first-order valence-electron chi connectivity index (χ1n) is 11.6. The largest absolute Gasteiger partial charge is 0.495 e. The summed E-state index contributed by atoms with van der Waals surface area (Å²) in [6.07, 6.45) is 2.15. The number of para-hydroxylation sites is 2. The summed E-state index contributed by atoms with van der Waals surface area (Å²) in [6, 6.07) is 11.1. The van der Waals surface area contributed by atoms with E-state index in [0.29, 0.717) is 28.0 Å². The third-order valence-electron chi connectivity index (χ3n) is 5.56. The Kier molecular flexibility index (Phi) is 11.3. The zero-order valence-corrected chi connectivity index (χ0v) is 23.3. The molecular weight excluding hydrogens is 525 g/mol. The highest BCUT2D eigenvalue weighted by Gasteiger charge is 2.27. The number of methoxy groups -OCH3 is 1. The molecule has 0 saturated heterocycles. The van der Waals surface area contributed by atoms with Crippen molar-refractivity contribution in [3.05, 3.63) is 58.1 Å². The first kappa shape index (κ1) is 29.7. The molecule has 0 saturated carbocycles. The van der Waals surface area contributed by atoms with Crippen molar-refractivity contribution in [3.63, 3.8) is 0 Å². The second-order valence-corrected chi connectivity index (χ2v) is 11.1. The summed E-state index contributed by atoms with van der Waals surface area (Å²) < 4.78 is 31.6. The van der Waals surface area contributed by atoms with Crippen LogP contribution in [0.1, 0.15) is 38.7 Å². The second kappa shape index (κ2) is 13.7. The Bertz CT molecular complexity index is 1160. The van der Waals surface area contributed by atoms with Crippen LogP contribution in [-0.2, 0) is 26.2 Å². The van der Waals surface area contributed by atoms with Crippen molar-refractivity contribution >= 4 is 50.7 Å². The van der Waals surface area contributed by atoms with Crippen molar-refractivity contribution in [3.8, 4) is 5.75 Å². The van der Waals surface area contributed by atoms with Gasteiger partial charge in [0.2, 0.25) is 21.8 Å². The van der Waals surface area contributed by atoms with Crippen LogP contribution in [-0.4, -0.2) is 57.6 Å². The van der Waals surface area contributed by atoms with Gasteiger partial charge in [0, 0.05) is 26.1 Å². The van der Waals surface area contributed by atoms with Crippen molar-refractivity contribution in [2.24, 2.45) is 0 Å². The summed E-state index contributed by atoms with van der Waals surface area (Å²) in [5.74, 6) is -0.137. The van der Waals surface area contributed by atoms with E-state index in [-0.39, 0.29) is 37.7 Å². The Balaban J connectivity index is 2.21. The van der Waals surface area contributed by atoms with Gasteiger partial charge in [-0.3, -0.25) is 13.9 Å². The minimum absolute atomic E-state index is 0.0356. The molecule has 0 spiro atoms. The van der Waals surface area contributed by atoms with Gasteiger partial charge in [0.1, 0.15) is 11.8 Å². The van der Waals surface area contributed by atoms with Crippen molar-refractivity contribution in [1.29, 1.82) is 0 Å². The van der Waals surface area contributed by atoms with Crippen LogP contribution in [0.15, 0.2) is 42.5 Å². The van der Waals surface area contributed by atoms with Gasteiger partial charge in [-0.05, 0) is 49.6 Å². The van der Waals surface area contributed by atoms with Gasteiger partial charge in [-0.1, -0.05) is 48.3 Å². The number of hydrogen-bond acceptors (Lipinski definition) is 5. The van der Waals surface area contributed by atoms with Crippen molar-refractivity contribution in [2.75, 3.05) is 30.8 Å². The maximum atomic E-state index is 13.3. The molecular formula is C25H33Cl2N3O5S. The van der Waals surface area contributed by atoms with Gasteiger partial charge in [-0.25, -0.2) is 8.42 Å². The number of anilines is 1. The molecule has 0 aliphatic carbocycles. The smallest absolute Gasteiger partial charge is 0.242 e. The molecule has 11 heteroatoms. The lowest BCUT2D eigenvalue weighted by Gasteiger charge is -2.29. The molecule has 2 rings (SSSR count). The fourth-order valence-corrected chi connectivity index (χ4v) is 4.92. The molecule has 1 atom stereocenters. The zero-order valence-electron chi connectivity index (χ0n) is 21.0. The van der Waals surface area contributed by atoms with Crippen LogP contribution in [0.5, 0.6) is 5.75 Å². The number of nitrogens with zero attached hydrogens (tertiary/aromatic N) is 2. The fraction of sp³-hybridized carbons (Fsp3) is 0.440. The van der Waals surface area contributed by atoms with Gasteiger partial charge in [-0.15, -0.1) is 0 Å². The minimum atomic E-state index is -3.63. The third kappa shape index (κ3) is 8.28. The molecule has 2 aromatic rings. The van der Waals surface area contributed by atoms with E-state index in [9.17, 15) is 18.0 Å². The monoisotopic (exact) mass is 557 g/mol. The van der Waals surface area contributed by atoms with E-state index in [4.69, 9.17) is 27.9 Å². The van der Waals surface area contributed by atoms with E-state index in [1.165, 1.54) is 16.3 Å². The zero-order chi connectivity index (χ0) is 26.9. The number of sulfonamides is 1. The van der Waals surface area contributed by atoms with E-state index in [1.54, 1.807) is 49.4 Å².